The average Bonchev–Trinajstić information content (AvgIpc) is 3.40. The molecule has 0 spiro atoms. The van der Waals surface area contributed by atoms with Crippen molar-refractivity contribution in [2.24, 2.45) is 0 Å². The molecule has 0 amide bonds. The summed E-state index contributed by atoms with van der Waals surface area (Å²) in [5.41, 5.74) is -2.07. The number of rotatable bonds is 6. The van der Waals surface area contributed by atoms with Gasteiger partial charge in [-0.3, -0.25) is 4.79 Å². The second-order valence-corrected chi connectivity index (χ2v) is 8.58. The molecule has 3 rings (SSSR count). The fraction of sp³-hybridized carbons (Fsp3) is 0.389. The molecule has 1 aliphatic rings. The fourth-order valence-corrected chi connectivity index (χ4v) is 3.65. The topological polar surface area (TPSA) is 113 Å². The number of carbonyl (C=O) groups is 2. The summed E-state index contributed by atoms with van der Waals surface area (Å²) in [5, 5.41) is 3.55. The molecule has 30 heavy (non-hydrogen) atoms. The molecular weight excluding hydrogens is 431 g/mol. The van der Waals surface area contributed by atoms with Crippen molar-refractivity contribution >= 4 is 21.8 Å². The Hall–Kier alpha value is -2.89. The molecule has 8 nitrogen and oxygen atoms in total. The molecule has 1 fully saturated rings. The minimum Gasteiger partial charge on any atom is -0.434 e. The van der Waals surface area contributed by atoms with Gasteiger partial charge < -0.3 is 14.0 Å². The molecule has 2 aromatic rings. The lowest BCUT2D eigenvalue weighted by molar-refractivity contribution is -0.137. The number of hydrogen-bond acceptors (Lipinski definition) is 8. The summed E-state index contributed by atoms with van der Waals surface area (Å²) in [4.78, 5) is 24.0. The minimum atomic E-state index is -4.81. The molecule has 0 radical (unpaired) electrons. The lowest BCUT2D eigenvalue weighted by atomic mass is 10.0. The SMILES string of the molecule is CCOC(=O)Oc1noc(C2CC2)c1C(=O)c1ccc(C(F)(F)F)cc1S(C)(=O)=O. The Morgan fingerprint density at radius 3 is 2.47 bits per heavy atom. The van der Waals surface area contributed by atoms with Gasteiger partial charge in [-0.25, -0.2) is 13.2 Å². The predicted molar refractivity (Wildman–Crippen MR) is 94.1 cm³/mol. The van der Waals surface area contributed by atoms with Crippen LogP contribution >= 0.6 is 0 Å². The number of halogens is 3. The number of hydrogen-bond donors (Lipinski definition) is 0. The second kappa shape index (κ2) is 7.74. The Balaban J connectivity index is 2.13. The highest BCUT2D eigenvalue weighted by molar-refractivity contribution is 7.90. The normalized spacial score (nSPS) is 14.4. The van der Waals surface area contributed by atoms with Crippen LogP contribution in [0.15, 0.2) is 27.6 Å². The maximum absolute atomic E-state index is 13.2. The van der Waals surface area contributed by atoms with E-state index in [1.807, 2.05) is 0 Å². The van der Waals surface area contributed by atoms with Gasteiger partial charge >= 0.3 is 12.3 Å². The van der Waals surface area contributed by atoms with Gasteiger partial charge in [0.25, 0.3) is 5.88 Å². The van der Waals surface area contributed by atoms with Crippen LogP contribution in [0.1, 0.15) is 52.9 Å². The zero-order valence-electron chi connectivity index (χ0n) is 15.8. The van der Waals surface area contributed by atoms with Crippen LogP contribution < -0.4 is 4.74 Å². The molecule has 0 aliphatic heterocycles. The highest BCUT2D eigenvalue weighted by Crippen LogP contribution is 2.45. The van der Waals surface area contributed by atoms with E-state index >= 15 is 0 Å². The first-order valence-electron chi connectivity index (χ1n) is 8.73. The van der Waals surface area contributed by atoms with E-state index in [-0.39, 0.29) is 23.8 Å². The van der Waals surface area contributed by atoms with E-state index in [2.05, 4.69) is 9.89 Å². The van der Waals surface area contributed by atoms with Gasteiger partial charge in [0, 0.05) is 17.7 Å². The molecule has 1 aromatic carbocycles. The molecule has 12 heteroatoms. The van der Waals surface area contributed by atoms with Crippen LogP contribution in [0.5, 0.6) is 5.88 Å². The molecule has 1 saturated carbocycles. The number of nitrogens with zero attached hydrogens (tertiary/aromatic N) is 1. The maximum atomic E-state index is 13.2. The lowest BCUT2D eigenvalue weighted by Gasteiger charge is -2.12. The van der Waals surface area contributed by atoms with Crippen LogP contribution in [0.4, 0.5) is 18.0 Å². The van der Waals surface area contributed by atoms with Gasteiger partial charge in [-0.1, -0.05) is 0 Å². The van der Waals surface area contributed by atoms with E-state index in [0.717, 1.165) is 6.07 Å². The first-order chi connectivity index (χ1) is 13.9. The highest BCUT2D eigenvalue weighted by Gasteiger charge is 2.39. The number of aromatic nitrogens is 1. The Kier molecular flexibility index (Phi) is 5.63. The van der Waals surface area contributed by atoms with Crippen molar-refractivity contribution in [3.63, 3.8) is 0 Å². The first kappa shape index (κ1) is 21.8. The van der Waals surface area contributed by atoms with Crippen molar-refractivity contribution in [2.75, 3.05) is 12.9 Å². The van der Waals surface area contributed by atoms with Gasteiger partial charge in [-0.15, -0.1) is 0 Å². The smallest absolute Gasteiger partial charge is 0.434 e. The Morgan fingerprint density at radius 2 is 1.93 bits per heavy atom. The number of sulfone groups is 1. The monoisotopic (exact) mass is 447 g/mol. The number of alkyl halides is 3. The van der Waals surface area contributed by atoms with E-state index in [4.69, 9.17) is 9.26 Å². The number of ketones is 1. The molecule has 162 valence electrons. The largest absolute Gasteiger partial charge is 0.515 e. The standard InChI is InChI=1S/C18H16F3NO7S/c1-3-27-17(24)28-16-13(15(29-22-16)9-4-5-9)14(23)11-7-6-10(18(19,20)21)8-12(11)30(2,25)26/h6-9H,3-5H2,1-2H3. The molecule has 0 bridgehead atoms. The zero-order chi connectivity index (χ0) is 22.3. The van der Waals surface area contributed by atoms with Crippen molar-refractivity contribution in [3.05, 3.63) is 40.6 Å². The van der Waals surface area contributed by atoms with Gasteiger partial charge in [0.15, 0.2) is 15.6 Å². The molecular formula is C18H16F3NO7S. The van der Waals surface area contributed by atoms with Crippen molar-refractivity contribution in [1.82, 2.24) is 5.16 Å². The molecule has 0 N–H and O–H groups in total. The summed E-state index contributed by atoms with van der Waals surface area (Å²) in [7, 11) is -4.22. The summed E-state index contributed by atoms with van der Waals surface area (Å²) in [6.07, 6.45) is -3.99. The van der Waals surface area contributed by atoms with Crippen molar-refractivity contribution in [1.29, 1.82) is 0 Å². The number of ether oxygens (including phenoxy) is 2. The van der Waals surface area contributed by atoms with Gasteiger partial charge in [0.05, 0.1) is 17.1 Å². The van der Waals surface area contributed by atoms with Crippen LogP contribution in [0.2, 0.25) is 0 Å². The minimum absolute atomic E-state index is 0.0213. The third-order valence-corrected chi connectivity index (χ3v) is 5.39. The summed E-state index contributed by atoms with van der Waals surface area (Å²) in [6, 6.07) is 1.75. The quantitative estimate of drug-likeness (QED) is 0.486. The van der Waals surface area contributed by atoms with Gasteiger partial charge in [-0.05, 0) is 43.1 Å². The Labute approximate surface area is 168 Å². The van der Waals surface area contributed by atoms with Gasteiger partial charge in [-0.2, -0.15) is 13.2 Å². The van der Waals surface area contributed by atoms with Gasteiger partial charge in [0.1, 0.15) is 5.56 Å². The summed E-state index contributed by atoms with van der Waals surface area (Å²) in [5.74, 6) is -1.67. The number of benzene rings is 1. The summed E-state index contributed by atoms with van der Waals surface area (Å²) >= 11 is 0. The van der Waals surface area contributed by atoms with Crippen LogP contribution in [-0.4, -0.2) is 38.4 Å². The average molecular weight is 447 g/mol. The lowest BCUT2D eigenvalue weighted by Crippen LogP contribution is -2.16. The van der Waals surface area contributed by atoms with Crippen molar-refractivity contribution in [2.45, 2.75) is 36.8 Å². The molecule has 0 atom stereocenters. The van der Waals surface area contributed by atoms with E-state index in [1.54, 1.807) is 0 Å². The Morgan fingerprint density at radius 1 is 1.27 bits per heavy atom. The van der Waals surface area contributed by atoms with Crippen LogP contribution in [-0.2, 0) is 20.8 Å². The predicted octanol–water partition coefficient (Wildman–Crippen LogP) is 3.74. The third-order valence-electron chi connectivity index (χ3n) is 4.26. The highest BCUT2D eigenvalue weighted by atomic mass is 32.2. The molecule has 0 saturated heterocycles. The summed E-state index contributed by atoms with van der Waals surface area (Å²) in [6.45, 7) is 1.50. The molecule has 1 aromatic heterocycles. The summed E-state index contributed by atoms with van der Waals surface area (Å²) < 4.78 is 78.0. The number of carbonyl (C=O) groups excluding carboxylic acids is 2. The van der Waals surface area contributed by atoms with Gasteiger partial charge in [0.2, 0.25) is 5.78 Å². The van der Waals surface area contributed by atoms with E-state index < -0.39 is 49.9 Å². The first-order valence-corrected chi connectivity index (χ1v) is 10.6. The fourth-order valence-electron chi connectivity index (χ4n) is 2.74. The maximum Gasteiger partial charge on any atom is 0.515 e. The van der Waals surface area contributed by atoms with Crippen molar-refractivity contribution in [3.8, 4) is 5.88 Å². The van der Waals surface area contributed by atoms with Crippen LogP contribution in [0, 0.1) is 0 Å². The molecule has 1 aliphatic carbocycles. The third kappa shape index (κ3) is 4.48. The van der Waals surface area contributed by atoms with E-state index in [9.17, 15) is 31.2 Å². The van der Waals surface area contributed by atoms with E-state index in [1.165, 1.54) is 6.92 Å². The van der Waals surface area contributed by atoms with Crippen molar-refractivity contribution < 1.29 is 45.2 Å². The van der Waals surface area contributed by atoms with Crippen LogP contribution in [0.25, 0.3) is 0 Å². The molecule has 0 unspecified atom stereocenters. The Bertz CT molecular complexity index is 1100. The zero-order valence-corrected chi connectivity index (χ0v) is 16.6. The second-order valence-electron chi connectivity index (χ2n) is 6.60. The van der Waals surface area contributed by atoms with Crippen LogP contribution in [0.3, 0.4) is 0 Å². The van der Waals surface area contributed by atoms with E-state index in [0.29, 0.717) is 31.2 Å². The molecule has 1 heterocycles.